The zero-order valence-electron chi connectivity index (χ0n) is 31.0. The van der Waals surface area contributed by atoms with Gasteiger partial charge in [-0.25, -0.2) is 18.0 Å². The molecular formula is C37H50N4O11S. The lowest BCUT2D eigenvalue weighted by molar-refractivity contribution is -0.142. The molecule has 3 heterocycles. The number of benzene rings is 1. The van der Waals surface area contributed by atoms with Crippen LogP contribution < -0.4 is 19.5 Å². The van der Waals surface area contributed by atoms with E-state index in [0.717, 1.165) is 11.1 Å². The van der Waals surface area contributed by atoms with Gasteiger partial charge in [0.25, 0.3) is 0 Å². The second kappa shape index (κ2) is 14.8. The molecule has 1 aromatic rings. The quantitative estimate of drug-likeness (QED) is 0.369. The van der Waals surface area contributed by atoms with Gasteiger partial charge < -0.3 is 29.2 Å². The highest BCUT2D eigenvalue weighted by Crippen LogP contribution is 2.58. The molecule has 2 saturated carbocycles. The van der Waals surface area contributed by atoms with Crippen LogP contribution in [-0.2, 0) is 47.0 Å². The minimum Gasteiger partial charge on any atom is -0.493 e. The summed E-state index contributed by atoms with van der Waals surface area (Å²) in [5.74, 6) is -0.927. The predicted octanol–water partition coefficient (Wildman–Crippen LogP) is 3.58. The van der Waals surface area contributed by atoms with E-state index < -0.39 is 74.1 Å². The number of ether oxygens (including phenoxy) is 4. The molecule has 3 aliphatic heterocycles. The number of carbonyl (C=O) groups excluding carboxylic acids is 5. The van der Waals surface area contributed by atoms with E-state index in [1.54, 1.807) is 39.0 Å². The number of rotatable bonds is 8. The van der Waals surface area contributed by atoms with Crippen LogP contribution in [0.2, 0.25) is 0 Å². The molecule has 290 valence electrons. The number of amides is 4. The molecule has 0 radical (unpaired) electrons. The van der Waals surface area contributed by atoms with Crippen molar-refractivity contribution in [3.63, 3.8) is 0 Å². The van der Waals surface area contributed by atoms with Crippen molar-refractivity contribution in [3.05, 3.63) is 35.4 Å². The fourth-order valence-electron chi connectivity index (χ4n) is 7.64. The zero-order chi connectivity index (χ0) is 38.3. The van der Waals surface area contributed by atoms with Crippen LogP contribution in [-0.4, -0.2) is 98.3 Å². The molecule has 1 saturated heterocycles. The van der Waals surface area contributed by atoms with Crippen LogP contribution in [0.5, 0.6) is 11.5 Å². The molecule has 1 unspecified atom stereocenters. The average Bonchev–Trinajstić information content (AvgIpc) is 3.99. The molecule has 0 spiro atoms. The number of alkyl carbamates (subject to hydrolysis) is 1. The van der Waals surface area contributed by atoms with E-state index in [9.17, 15) is 32.4 Å². The second-order valence-corrected chi connectivity index (χ2v) is 17.7. The highest BCUT2D eigenvalue weighted by Gasteiger charge is 2.62. The summed E-state index contributed by atoms with van der Waals surface area (Å²) < 4.78 is 50.6. The summed E-state index contributed by atoms with van der Waals surface area (Å²) in [6.07, 6.45) is 3.14. The Bertz CT molecular complexity index is 1790. The Kier molecular flexibility index (Phi) is 10.7. The lowest BCUT2D eigenvalue weighted by atomic mass is 9.85. The minimum absolute atomic E-state index is 0.0362. The summed E-state index contributed by atoms with van der Waals surface area (Å²) >= 11 is 0. The van der Waals surface area contributed by atoms with Crippen molar-refractivity contribution >= 4 is 39.8 Å². The van der Waals surface area contributed by atoms with Crippen molar-refractivity contribution in [1.29, 1.82) is 0 Å². The number of methoxy groups -OCH3 is 1. The maximum absolute atomic E-state index is 14.4. The van der Waals surface area contributed by atoms with E-state index in [4.69, 9.17) is 18.9 Å². The van der Waals surface area contributed by atoms with Crippen LogP contribution in [0.1, 0.15) is 83.8 Å². The standard InChI is InChI=1S/C37H50N4O11S/c1-6-23-17-37(23,33(44)39-53(47,48)25-11-12-25)18-28(42)27-16-24-20-41(27)32(43)31(36(2,3)4)38-34(45)51-15-9-7-8-14-50-30-26-21-40(35(46)52-24)19-22(26)10-13-29(30)49-5/h7-8,10,13,23-25,27,31H,6,9,11-12,14-21H2,1-5H3,(H,38,45)(H,39,44)/b8-7+/t23-,24+,27?,31+,37-/m0/s1. The van der Waals surface area contributed by atoms with Gasteiger partial charge in [-0.3, -0.25) is 24.0 Å². The molecule has 0 aromatic heterocycles. The number of carbonyl (C=O) groups is 5. The number of Topliss-reactive ketones (excluding diaryl/α,β-unsaturated/α-hetero) is 1. The smallest absolute Gasteiger partial charge is 0.410 e. The zero-order valence-corrected chi connectivity index (χ0v) is 31.8. The number of nitrogens with zero attached hydrogens (tertiary/aromatic N) is 2. The van der Waals surface area contributed by atoms with Crippen LogP contribution in [0.25, 0.3) is 0 Å². The van der Waals surface area contributed by atoms with Crippen molar-refractivity contribution in [2.75, 3.05) is 26.9 Å². The van der Waals surface area contributed by atoms with Gasteiger partial charge in [-0.1, -0.05) is 52.3 Å². The van der Waals surface area contributed by atoms with Gasteiger partial charge >= 0.3 is 12.2 Å². The minimum atomic E-state index is -3.85. The molecule has 16 heteroatoms. The summed E-state index contributed by atoms with van der Waals surface area (Å²) in [5.41, 5.74) is -0.425. The number of cyclic esters (lactones) is 1. The SMILES string of the molecule is CC[C@H]1C[C@@]1(CC(=O)C1C[C@@H]2CN1C(=O)[C@H](C(C)(C)C)NC(=O)OCC/C=C/COc1c(OC)ccc3c1CN(C3)C(=O)O2)C(=O)NS(=O)(=O)C1CC1. The van der Waals surface area contributed by atoms with Crippen LogP contribution in [0, 0.1) is 16.7 Å². The molecule has 6 rings (SSSR count). The number of ketones is 1. The van der Waals surface area contributed by atoms with Crippen molar-refractivity contribution in [2.45, 2.75) is 109 Å². The van der Waals surface area contributed by atoms with E-state index in [0.29, 0.717) is 43.6 Å². The van der Waals surface area contributed by atoms with Gasteiger partial charge in [0.05, 0.1) is 43.5 Å². The van der Waals surface area contributed by atoms with Gasteiger partial charge in [0, 0.05) is 24.9 Å². The number of fused-ring (bicyclic) bond motifs is 3. The molecule has 5 atom stereocenters. The normalized spacial score (nSPS) is 28.6. The Labute approximate surface area is 310 Å². The lowest BCUT2D eigenvalue weighted by Crippen LogP contribution is -2.57. The molecule has 5 aliphatic rings. The average molecular weight is 759 g/mol. The maximum atomic E-state index is 14.4. The van der Waals surface area contributed by atoms with Crippen molar-refractivity contribution in [3.8, 4) is 11.5 Å². The van der Waals surface area contributed by atoms with Crippen LogP contribution in [0.15, 0.2) is 24.3 Å². The van der Waals surface area contributed by atoms with Gasteiger partial charge in [-0.15, -0.1) is 0 Å². The van der Waals surface area contributed by atoms with E-state index in [2.05, 4.69) is 10.0 Å². The molecule has 4 bridgehead atoms. The third-order valence-corrected chi connectivity index (χ3v) is 12.8. The first kappa shape index (κ1) is 38.4. The molecule has 2 N–H and O–H groups in total. The number of hydrogen-bond donors (Lipinski definition) is 2. The first-order valence-corrected chi connectivity index (χ1v) is 19.9. The number of nitrogens with one attached hydrogen (secondary N) is 2. The molecule has 15 nitrogen and oxygen atoms in total. The summed E-state index contributed by atoms with van der Waals surface area (Å²) in [7, 11) is -2.32. The third kappa shape index (κ3) is 8.11. The Hall–Kier alpha value is -4.34. The van der Waals surface area contributed by atoms with Gasteiger partial charge in [0.15, 0.2) is 17.3 Å². The number of sulfonamides is 1. The summed E-state index contributed by atoms with van der Waals surface area (Å²) in [6.45, 7) is 7.73. The summed E-state index contributed by atoms with van der Waals surface area (Å²) in [5, 5.41) is 2.07. The van der Waals surface area contributed by atoms with E-state index in [-0.39, 0.29) is 51.6 Å². The van der Waals surface area contributed by atoms with Gasteiger partial charge in [0.2, 0.25) is 21.8 Å². The monoisotopic (exact) mass is 758 g/mol. The van der Waals surface area contributed by atoms with E-state index in [1.165, 1.54) is 16.9 Å². The fraction of sp³-hybridized carbons (Fsp3) is 0.649. The largest absolute Gasteiger partial charge is 0.493 e. The van der Waals surface area contributed by atoms with Crippen LogP contribution in [0.4, 0.5) is 9.59 Å². The van der Waals surface area contributed by atoms with Gasteiger partial charge in [-0.2, -0.15) is 0 Å². The Morgan fingerprint density at radius 2 is 1.85 bits per heavy atom. The number of hydrogen-bond acceptors (Lipinski definition) is 11. The van der Waals surface area contributed by atoms with E-state index in [1.807, 2.05) is 13.0 Å². The molecule has 4 amide bonds. The first-order valence-electron chi connectivity index (χ1n) is 18.3. The molecule has 2 aliphatic carbocycles. The maximum Gasteiger partial charge on any atom is 0.410 e. The highest BCUT2D eigenvalue weighted by molar-refractivity contribution is 7.90. The molecule has 53 heavy (non-hydrogen) atoms. The predicted molar refractivity (Wildman–Crippen MR) is 190 cm³/mol. The highest BCUT2D eigenvalue weighted by atomic mass is 32.2. The van der Waals surface area contributed by atoms with Crippen molar-refractivity contribution in [2.24, 2.45) is 16.7 Å². The topological polar surface area (TPSA) is 187 Å². The van der Waals surface area contributed by atoms with Crippen molar-refractivity contribution < 1.29 is 51.3 Å². The van der Waals surface area contributed by atoms with Gasteiger partial charge in [0.1, 0.15) is 18.8 Å². The summed E-state index contributed by atoms with van der Waals surface area (Å²) in [4.78, 5) is 71.8. The van der Waals surface area contributed by atoms with Gasteiger partial charge in [-0.05, 0) is 48.6 Å². The molecule has 3 fully saturated rings. The fourth-order valence-corrected chi connectivity index (χ4v) is 9.03. The Morgan fingerprint density at radius 3 is 2.51 bits per heavy atom. The molecular weight excluding hydrogens is 708 g/mol. The third-order valence-electron chi connectivity index (χ3n) is 10.9. The van der Waals surface area contributed by atoms with E-state index >= 15 is 0 Å². The van der Waals surface area contributed by atoms with Crippen LogP contribution in [0.3, 0.4) is 0 Å². The van der Waals surface area contributed by atoms with Crippen LogP contribution >= 0.6 is 0 Å². The molecule has 1 aromatic carbocycles. The first-order chi connectivity index (χ1) is 25.1. The Balaban J connectivity index is 1.28. The Morgan fingerprint density at radius 1 is 1.09 bits per heavy atom. The van der Waals surface area contributed by atoms with Crippen molar-refractivity contribution in [1.82, 2.24) is 19.8 Å². The second-order valence-electron chi connectivity index (χ2n) is 15.8. The lowest BCUT2D eigenvalue weighted by Gasteiger charge is -2.35. The summed E-state index contributed by atoms with van der Waals surface area (Å²) in [6, 6.07) is 1.40.